The van der Waals surface area contributed by atoms with Gasteiger partial charge < -0.3 is 19.7 Å². The van der Waals surface area contributed by atoms with Crippen LogP contribution in [0, 0.1) is 0 Å². The van der Waals surface area contributed by atoms with Crippen molar-refractivity contribution >= 4 is 6.03 Å². The summed E-state index contributed by atoms with van der Waals surface area (Å²) < 4.78 is 10.6. The van der Waals surface area contributed by atoms with Crippen LogP contribution in [0.15, 0.2) is 24.3 Å². The first-order chi connectivity index (χ1) is 12.7. The van der Waals surface area contributed by atoms with Gasteiger partial charge in [-0.2, -0.15) is 0 Å². The van der Waals surface area contributed by atoms with Crippen LogP contribution in [-0.4, -0.2) is 74.9 Å². The summed E-state index contributed by atoms with van der Waals surface area (Å²) in [5.41, 5.74) is 1.32. The average Bonchev–Trinajstić information content (AvgIpc) is 2.69. The Hall–Kier alpha value is -1.79. The predicted molar refractivity (Wildman–Crippen MR) is 102 cm³/mol. The molecule has 26 heavy (non-hydrogen) atoms. The van der Waals surface area contributed by atoms with E-state index in [1.54, 1.807) is 7.11 Å². The Balaban J connectivity index is 1.33. The number of nitrogens with zero attached hydrogens (tertiary/aromatic N) is 2. The Labute approximate surface area is 156 Å². The minimum atomic E-state index is 0.0907. The van der Waals surface area contributed by atoms with Crippen molar-refractivity contribution in [2.75, 3.05) is 53.0 Å². The van der Waals surface area contributed by atoms with Gasteiger partial charge in [-0.15, -0.1) is 0 Å². The van der Waals surface area contributed by atoms with Crippen molar-refractivity contribution in [1.29, 1.82) is 0 Å². The highest BCUT2D eigenvalue weighted by molar-refractivity contribution is 5.74. The Morgan fingerprint density at radius 3 is 2.73 bits per heavy atom. The standard InChI is InChI=1S/C20H31N3O3/c1-25-19-6-2-4-17(16-19)5-3-9-22-10-12-23(13-11-22)20(24)21-18-7-14-26-15-8-18/h2,4,6,16,18H,3,5,7-15H2,1H3,(H,21,24). The van der Waals surface area contributed by atoms with E-state index in [1.165, 1.54) is 5.56 Å². The molecule has 0 spiro atoms. The molecule has 2 saturated heterocycles. The summed E-state index contributed by atoms with van der Waals surface area (Å²) in [7, 11) is 1.71. The first kappa shape index (κ1) is 19.0. The van der Waals surface area contributed by atoms with E-state index in [1.807, 2.05) is 17.0 Å². The van der Waals surface area contributed by atoms with Gasteiger partial charge in [0.1, 0.15) is 5.75 Å². The zero-order chi connectivity index (χ0) is 18.2. The molecule has 6 nitrogen and oxygen atoms in total. The van der Waals surface area contributed by atoms with Gasteiger partial charge in [0, 0.05) is 45.4 Å². The number of aryl methyl sites for hydroxylation is 1. The number of piperazine rings is 1. The van der Waals surface area contributed by atoms with Gasteiger partial charge in [0.25, 0.3) is 0 Å². The molecule has 2 aliphatic heterocycles. The molecule has 1 aromatic rings. The van der Waals surface area contributed by atoms with E-state index in [4.69, 9.17) is 9.47 Å². The van der Waals surface area contributed by atoms with Crippen molar-refractivity contribution in [3.63, 3.8) is 0 Å². The van der Waals surface area contributed by atoms with Crippen molar-refractivity contribution in [2.45, 2.75) is 31.7 Å². The van der Waals surface area contributed by atoms with Crippen LogP contribution in [0.1, 0.15) is 24.8 Å². The third-order valence-corrected chi connectivity index (χ3v) is 5.28. The first-order valence-electron chi connectivity index (χ1n) is 9.73. The van der Waals surface area contributed by atoms with Crippen LogP contribution in [-0.2, 0) is 11.2 Å². The number of rotatable bonds is 6. The highest BCUT2D eigenvalue weighted by Crippen LogP contribution is 2.14. The number of amides is 2. The fraction of sp³-hybridized carbons (Fsp3) is 0.650. The predicted octanol–water partition coefficient (Wildman–Crippen LogP) is 2.13. The molecule has 6 heteroatoms. The van der Waals surface area contributed by atoms with Gasteiger partial charge >= 0.3 is 6.03 Å². The third-order valence-electron chi connectivity index (χ3n) is 5.28. The molecule has 1 N–H and O–H groups in total. The summed E-state index contributed by atoms with van der Waals surface area (Å²) >= 11 is 0. The van der Waals surface area contributed by atoms with Crippen LogP contribution in [0.4, 0.5) is 4.79 Å². The van der Waals surface area contributed by atoms with E-state index < -0.39 is 0 Å². The smallest absolute Gasteiger partial charge is 0.317 e. The van der Waals surface area contributed by atoms with Crippen molar-refractivity contribution in [3.05, 3.63) is 29.8 Å². The fourth-order valence-corrected chi connectivity index (χ4v) is 3.62. The van der Waals surface area contributed by atoms with Crippen LogP contribution >= 0.6 is 0 Å². The van der Waals surface area contributed by atoms with Crippen LogP contribution in [0.5, 0.6) is 5.75 Å². The molecular formula is C20H31N3O3. The molecule has 144 valence electrons. The van der Waals surface area contributed by atoms with E-state index in [9.17, 15) is 4.79 Å². The van der Waals surface area contributed by atoms with Crippen LogP contribution in [0.2, 0.25) is 0 Å². The largest absolute Gasteiger partial charge is 0.497 e. The van der Waals surface area contributed by atoms with E-state index in [0.29, 0.717) is 0 Å². The highest BCUT2D eigenvalue weighted by atomic mass is 16.5. The number of ether oxygens (including phenoxy) is 2. The number of methoxy groups -OCH3 is 1. The second-order valence-corrected chi connectivity index (χ2v) is 7.12. The average molecular weight is 361 g/mol. The Bertz CT molecular complexity index is 567. The number of benzene rings is 1. The molecule has 2 heterocycles. The second kappa shape index (κ2) is 9.78. The number of carbonyl (C=O) groups is 1. The number of hydrogen-bond donors (Lipinski definition) is 1. The van der Waals surface area contributed by atoms with Gasteiger partial charge in [-0.3, -0.25) is 4.90 Å². The lowest BCUT2D eigenvalue weighted by Gasteiger charge is -2.36. The van der Waals surface area contributed by atoms with Gasteiger partial charge in [-0.05, 0) is 49.9 Å². The molecule has 2 amide bonds. The number of carbonyl (C=O) groups excluding carboxylic acids is 1. The fourth-order valence-electron chi connectivity index (χ4n) is 3.62. The normalized spacial score (nSPS) is 19.3. The minimum Gasteiger partial charge on any atom is -0.497 e. The molecule has 0 saturated carbocycles. The minimum absolute atomic E-state index is 0.0907. The van der Waals surface area contributed by atoms with Crippen LogP contribution in [0.3, 0.4) is 0 Å². The van der Waals surface area contributed by atoms with Gasteiger partial charge in [0.15, 0.2) is 0 Å². The maximum absolute atomic E-state index is 12.4. The lowest BCUT2D eigenvalue weighted by atomic mass is 10.1. The summed E-state index contributed by atoms with van der Waals surface area (Å²) in [6.45, 7) is 6.13. The molecule has 0 bridgehead atoms. The SMILES string of the molecule is COc1cccc(CCCN2CCN(C(=O)NC3CCOCC3)CC2)c1. The molecule has 0 aliphatic carbocycles. The lowest BCUT2D eigenvalue weighted by Crippen LogP contribution is -2.54. The van der Waals surface area contributed by atoms with Crippen molar-refractivity contribution < 1.29 is 14.3 Å². The van der Waals surface area contributed by atoms with Crippen molar-refractivity contribution in [2.24, 2.45) is 0 Å². The molecule has 0 radical (unpaired) electrons. The number of hydrogen-bond acceptors (Lipinski definition) is 4. The van der Waals surface area contributed by atoms with Gasteiger partial charge in [-0.1, -0.05) is 12.1 Å². The summed E-state index contributed by atoms with van der Waals surface area (Å²) in [5, 5.41) is 3.16. The molecule has 3 rings (SSSR count). The van der Waals surface area contributed by atoms with Crippen LogP contribution < -0.4 is 10.1 Å². The molecule has 0 aromatic heterocycles. The monoisotopic (exact) mass is 361 g/mol. The Kier molecular flexibility index (Phi) is 7.14. The van der Waals surface area contributed by atoms with E-state index in [0.717, 1.165) is 77.4 Å². The third kappa shape index (κ3) is 5.61. The maximum atomic E-state index is 12.4. The highest BCUT2D eigenvalue weighted by Gasteiger charge is 2.23. The maximum Gasteiger partial charge on any atom is 0.317 e. The molecule has 1 aromatic carbocycles. The second-order valence-electron chi connectivity index (χ2n) is 7.12. The van der Waals surface area contributed by atoms with Gasteiger partial charge in [0.05, 0.1) is 7.11 Å². The Morgan fingerprint density at radius 1 is 1.23 bits per heavy atom. The quantitative estimate of drug-likeness (QED) is 0.843. The summed E-state index contributed by atoms with van der Waals surface area (Å²) in [6.07, 6.45) is 4.04. The lowest BCUT2D eigenvalue weighted by molar-refractivity contribution is 0.0760. The van der Waals surface area contributed by atoms with E-state index >= 15 is 0 Å². The zero-order valence-electron chi connectivity index (χ0n) is 15.8. The molecule has 0 atom stereocenters. The van der Waals surface area contributed by atoms with Gasteiger partial charge in [-0.25, -0.2) is 4.79 Å². The zero-order valence-corrected chi connectivity index (χ0v) is 15.8. The number of nitrogens with one attached hydrogen (secondary N) is 1. The molecule has 0 unspecified atom stereocenters. The van der Waals surface area contributed by atoms with Crippen molar-refractivity contribution in [3.8, 4) is 5.75 Å². The Morgan fingerprint density at radius 2 is 2.00 bits per heavy atom. The van der Waals surface area contributed by atoms with Gasteiger partial charge in [0.2, 0.25) is 0 Å². The topological polar surface area (TPSA) is 54.0 Å². The van der Waals surface area contributed by atoms with E-state index in [2.05, 4.69) is 22.3 Å². The summed E-state index contributed by atoms with van der Waals surface area (Å²) in [6, 6.07) is 8.66. The summed E-state index contributed by atoms with van der Waals surface area (Å²) in [5.74, 6) is 0.923. The molecule has 2 fully saturated rings. The molecule has 2 aliphatic rings. The van der Waals surface area contributed by atoms with Crippen molar-refractivity contribution in [1.82, 2.24) is 15.1 Å². The van der Waals surface area contributed by atoms with E-state index in [-0.39, 0.29) is 12.1 Å². The number of urea groups is 1. The first-order valence-corrected chi connectivity index (χ1v) is 9.73. The van der Waals surface area contributed by atoms with Crippen LogP contribution in [0.25, 0.3) is 0 Å². The molecular weight excluding hydrogens is 330 g/mol. The summed E-state index contributed by atoms with van der Waals surface area (Å²) in [4.78, 5) is 16.8.